The van der Waals surface area contributed by atoms with Crippen molar-refractivity contribution in [3.05, 3.63) is 65.4 Å². The van der Waals surface area contributed by atoms with Crippen LogP contribution in [0.4, 0.5) is 0 Å². The third-order valence-corrected chi connectivity index (χ3v) is 6.99. The van der Waals surface area contributed by atoms with Gasteiger partial charge in [-0.25, -0.2) is 13.4 Å². The van der Waals surface area contributed by atoms with Crippen LogP contribution in [0.2, 0.25) is 0 Å². The van der Waals surface area contributed by atoms with Gasteiger partial charge in [0.05, 0.1) is 5.69 Å². The molecule has 0 aliphatic carbocycles. The highest BCUT2D eigenvalue weighted by Crippen LogP contribution is 2.33. The molecular weight excluding hydrogens is 378 g/mol. The van der Waals surface area contributed by atoms with E-state index in [0.717, 1.165) is 28.2 Å². The highest BCUT2D eigenvalue weighted by Gasteiger charge is 2.19. The quantitative estimate of drug-likeness (QED) is 0.576. The number of nitrogens with zero attached hydrogens (tertiary/aromatic N) is 1. The zero-order chi connectivity index (χ0) is 18.0. The van der Waals surface area contributed by atoms with E-state index in [1.807, 2.05) is 43.3 Å². The first-order valence-electron chi connectivity index (χ1n) is 7.54. The molecule has 2 aromatic carbocycles. The van der Waals surface area contributed by atoms with Crippen molar-refractivity contribution < 1.29 is 13.2 Å². The van der Waals surface area contributed by atoms with Gasteiger partial charge in [0, 0.05) is 16.2 Å². The van der Waals surface area contributed by atoms with Gasteiger partial charge in [-0.05, 0) is 43.7 Å². The van der Waals surface area contributed by atoms with E-state index in [4.69, 9.17) is 15.4 Å². The zero-order valence-corrected chi connectivity index (χ0v) is 16.1. The van der Waals surface area contributed by atoms with Crippen LogP contribution in [0.15, 0.2) is 52.7 Å². The van der Waals surface area contributed by atoms with Crippen molar-refractivity contribution in [1.82, 2.24) is 4.98 Å². The van der Waals surface area contributed by atoms with Crippen LogP contribution >= 0.6 is 22.0 Å². The minimum Gasteiger partial charge on any atom is -0.489 e. The molecule has 0 unspecified atom stereocenters. The Balaban J connectivity index is 1.73. The number of benzene rings is 2. The first kappa shape index (κ1) is 17.9. The molecule has 4 nitrogen and oxygen atoms in total. The lowest BCUT2D eigenvalue weighted by Gasteiger charge is -2.07. The van der Waals surface area contributed by atoms with E-state index in [1.54, 1.807) is 6.92 Å². The Kier molecular flexibility index (Phi) is 5.13. The van der Waals surface area contributed by atoms with Crippen molar-refractivity contribution in [2.75, 3.05) is 0 Å². The maximum atomic E-state index is 11.5. The minimum absolute atomic E-state index is 0.0869. The summed E-state index contributed by atoms with van der Waals surface area (Å²) in [7, 11) is 1.65. The molecule has 25 heavy (non-hydrogen) atoms. The Labute approximate surface area is 155 Å². The number of thiazole rings is 1. The van der Waals surface area contributed by atoms with Gasteiger partial charge in [0.25, 0.3) is 9.05 Å². The summed E-state index contributed by atoms with van der Waals surface area (Å²) in [5.41, 5.74) is 3.55. The highest BCUT2D eigenvalue weighted by atomic mass is 35.7. The second-order valence-electron chi connectivity index (χ2n) is 5.63. The second-order valence-corrected chi connectivity index (χ2v) is 9.39. The number of halogens is 1. The summed E-state index contributed by atoms with van der Waals surface area (Å²) < 4.78 is 28.9. The molecule has 0 saturated heterocycles. The van der Waals surface area contributed by atoms with Gasteiger partial charge in [-0.15, -0.1) is 11.3 Å². The summed E-state index contributed by atoms with van der Waals surface area (Å²) in [6.45, 7) is 4.17. The summed E-state index contributed by atoms with van der Waals surface area (Å²) in [4.78, 5) is 4.29. The lowest BCUT2D eigenvalue weighted by Crippen LogP contribution is -1.95. The van der Waals surface area contributed by atoms with Crippen LogP contribution in [0.1, 0.15) is 16.8 Å². The van der Waals surface area contributed by atoms with E-state index in [1.165, 1.54) is 5.56 Å². The van der Waals surface area contributed by atoms with Gasteiger partial charge in [-0.3, -0.25) is 0 Å². The Morgan fingerprint density at radius 3 is 2.24 bits per heavy atom. The summed E-state index contributed by atoms with van der Waals surface area (Å²) in [6.07, 6.45) is 0. The fourth-order valence-corrected chi connectivity index (χ4v) is 4.73. The molecule has 1 aromatic heterocycles. The Morgan fingerprint density at radius 2 is 1.68 bits per heavy atom. The van der Waals surface area contributed by atoms with E-state index in [2.05, 4.69) is 17.1 Å². The highest BCUT2D eigenvalue weighted by molar-refractivity contribution is 8.15. The molecule has 0 bridgehead atoms. The van der Waals surface area contributed by atoms with Crippen LogP contribution in [0.5, 0.6) is 5.75 Å². The number of aromatic nitrogens is 1. The van der Waals surface area contributed by atoms with E-state index < -0.39 is 9.05 Å². The van der Waals surface area contributed by atoms with E-state index in [-0.39, 0.29) is 4.21 Å². The third kappa shape index (κ3) is 4.39. The molecule has 0 amide bonds. The molecule has 0 atom stereocenters. The Bertz CT molecular complexity index is 978. The fourth-order valence-electron chi connectivity index (χ4n) is 2.28. The number of hydrogen-bond acceptors (Lipinski definition) is 5. The van der Waals surface area contributed by atoms with Crippen LogP contribution < -0.4 is 4.74 Å². The maximum Gasteiger partial charge on any atom is 0.272 e. The van der Waals surface area contributed by atoms with Crippen molar-refractivity contribution in [3.8, 4) is 16.3 Å². The first-order valence-corrected chi connectivity index (χ1v) is 10.7. The molecule has 3 rings (SSSR count). The molecule has 130 valence electrons. The standard InChI is InChI=1S/C18H16ClNO3S2/c1-12-3-5-14(6-4-12)11-23-16-9-7-15(8-10-16)17-20-13(2)18(24-17)25(19,21)22/h3-10H,11H2,1-2H3. The third-order valence-electron chi connectivity index (χ3n) is 3.60. The fraction of sp³-hybridized carbons (Fsp3) is 0.167. The number of aryl methyl sites for hydroxylation is 2. The van der Waals surface area contributed by atoms with E-state index in [0.29, 0.717) is 17.3 Å². The van der Waals surface area contributed by atoms with Crippen LogP contribution in [-0.2, 0) is 15.7 Å². The van der Waals surface area contributed by atoms with Crippen LogP contribution in [0.3, 0.4) is 0 Å². The summed E-state index contributed by atoms with van der Waals surface area (Å²) >= 11 is 1.07. The van der Waals surface area contributed by atoms with Crippen LogP contribution in [-0.4, -0.2) is 13.4 Å². The molecule has 3 aromatic rings. The molecule has 7 heteroatoms. The molecule has 0 aliphatic rings. The molecule has 1 heterocycles. The summed E-state index contributed by atoms with van der Waals surface area (Å²) in [5, 5.41) is 0.613. The summed E-state index contributed by atoms with van der Waals surface area (Å²) in [6, 6.07) is 15.6. The Morgan fingerprint density at radius 1 is 1.04 bits per heavy atom. The van der Waals surface area contributed by atoms with Crippen LogP contribution in [0.25, 0.3) is 10.6 Å². The van der Waals surface area contributed by atoms with Crippen molar-refractivity contribution in [1.29, 1.82) is 0 Å². The van der Waals surface area contributed by atoms with Gasteiger partial charge in [0.2, 0.25) is 0 Å². The molecule has 0 aliphatic heterocycles. The molecule has 0 spiro atoms. The average molecular weight is 394 g/mol. The van der Waals surface area contributed by atoms with Crippen molar-refractivity contribution >= 4 is 31.1 Å². The van der Waals surface area contributed by atoms with Gasteiger partial charge in [-0.2, -0.15) is 0 Å². The first-order chi connectivity index (χ1) is 11.8. The normalized spacial score (nSPS) is 11.5. The predicted octanol–water partition coefficient (Wildman–Crippen LogP) is 4.93. The topological polar surface area (TPSA) is 56.3 Å². The Hall–Kier alpha value is -1.89. The van der Waals surface area contributed by atoms with Crippen molar-refractivity contribution in [2.45, 2.75) is 24.7 Å². The van der Waals surface area contributed by atoms with Crippen molar-refractivity contribution in [2.24, 2.45) is 0 Å². The maximum absolute atomic E-state index is 11.5. The monoisotopic (exact) mass is 393 g/mol. The smallest absolute Gasteiger partial charge is 0.272 e. The number of hydrogen-bond donors (Lipinski definition) is 0. The second kappa shape index (κ2) is 7.15. The molecule has 0 N–H and O–H groups in total. The lowest BCUT2D eigenvalue weighted by molar-refractivity contribution is 0.306. The van der Waals surface area contributed by atoms with Gasteiger partial charge in [0.15, 0.2) is 4.21 Å². The lowest BCUT2D eigenvalue weighted by atomic mass is 10.2. The van der Waals surface area contributed by atoms with Gasteiger partial charge >= 0.3 is 0 Å². The predicted molar refractivity (Wildman–Crippen MR) is 101 cm³/mol. The van der Waals surface area contributed by atoms with Gasteiger partial charge in [0.1, 0.15) is 17.4 Å². The minimum atomic E-state index is -3.77. The molecule has 0 saturated carbocycles. The molecular formula is C18H16ClNO3S2. The number of ether oxygens (including phenoxy) is 1. The zero-order valence-electron chi connectivity index (χ0n) is 13.7. The largest absolute Gasteiger partial charge is 0.489 e. The average Bonchev–Trinajstić information content (AvgIpc) is 2.97. The van der Waals surface area contributed by atoms with E-state index in [9.17, 15) is 8.42 Å². The van der Waals surface area contributed by atoms with Gasteiger partial charge in [-0.1, -0.05) is 29.8 Å². The van der Waals surface area contributed by atoms with E-state index >= 15 is 0 Å². The van der Waals surface area contributed by atoms with Crippen LogP contribution in [0, 0.1) is 13.8 Å². The van der Waals surface area contributed by atoms with Gasteiger partial charge < -0.3 is 4.74 Å². The molecule has 0 radical (unpaired) electrons. The van der Waals surface area contributed by atoms with Crippen molar-refractivity contribution in [3.63, 3.8) is 0 Å². The number of rotatable bonds is 5. The molecule has 0 fully saturated rings. The SMILES string of the molecule is Cc1ccc(COc2ccc(-c3nc(C)c(S(=O)(=O)Cl)s3)cc2)cc1. The summed E-state index contributed by atoms with van der Waals surface area (Å²) in [5.74, 6) is 0.739.